The number of nitrogens with zero attached hydrogens (tertiary/aromatic N) is 8. The normalized spacial score (nSPS) is 16.7. The second-order valence-electron chi connectivity index (χ2n) is 8.55. The molecule has 39 heavy (non-hydrogen) atoms. The molecule has 1 fully saturated rings. The van der Waals surface area contributed by atoms with Crippen molar-refractivity contribution in [2.75, 3.05) is 31.1 Å². The van der Waals surface area contributed by atoms with Crippen LogP contribution in [0.1, 0.15) is 10.8 Å². The highest BCUT2D eigenvalue weighted by atomic mass is 32.1. The van der Waals surface area contributed by atoms with Crippen molar-refractivity contribution in [3.8, 4) is 11.3 Å². The summed E-state index contributed by atoms with van der Waals surface area (Å²) in [5, 5.41) is 8.84. The first kappa shape index (κ1) is 26.7. The lowest BCUT2D eigenvalue weighted by atomic mass is 10.1. The Hall–Kier alpha value is -3.86. The van der Waals surface area contributed by atoms with Crippen molar-refractivity contribution in [1.82, 2.24) is 34.4 Å². The van der Waals surface area contributed by atoms with E-state index in [0.717, 1.165) is 12.4 Å². The number of aromatic nitrogens is 6. The second kappa shape index (κ2) is 10.0. The lowest BCUT2D eigenvalue weighted by Crippen LogP contribution is -2.57. The lowest BCUT2D eigenvalue weighted by Gasteiger charge is -2.41. The van der Waals surface area contributed by atoms with Gasteiger partial charge in [-0.05, 0) is 12.1 Å². The van der Waals surface area contributed by atoms with E-state index in [1.165, 1.54) is 16.1 Å². The number of rotatable bonds is 5. The third-order valence-electron chi connectivity index (χ3n) is 6.01. The highest BCUT2D eigenvalue weighted by molar-refractivity contribution is 7.16. The van der Waals surface area contributed by atoms with Crippen LogP contribution < -0.4 is 4.90 Å². The van der Waals surface area contributed by atoms with Crippen molar-refractivity contribution in [1.29, 1.82) is 0 Å². The first-order valence-corrected chi connectivity index (χ1v) is 12.2. The summed E-state index contributed by atoms with van der Waals surface area (Å²) in [7, 11) is 0. The summed E-state index contributed by atoms with van der Waals surface area (Å²) >= 11 is 0.311. The number of pyridine rings is 1. The van der Waals surface area contributed by atoms with Gasteiger partial charge in [0.25, 0.3) is 0 Å². The smallest absolute Gasteiger partial charge is 0.394 e. The molecule has 5 rings (SSSR count). The van der Waals surface area contributed by atoms with Crippen molar-refractivity contribution >= 4 is 33.4 Å². The zero-order valence-electron chi connectivity index (χ0n) is 19.7. The van der Waals surface area contributed by atoms with E-state index in [2.05, 4.69) is 24.9 Å². The summed E-state index contributed by atoms with van der Waals surface area (Å²) in [4.78, 5) is 34.5. The van der Waals surface area contributed by atoms with Gasteiger partial charge < -0.3 is 19.5 Å². The van der Waals surface area contributed by atoms with Crippen molar-refractivity contribution < 1.29 is 36.2 Å². The molecule has 1 aliphatic heterocycles. The van der Waals surface area contributed by atoms with Crippen LogP contribution in [0.25, 0.3) is 22.4 Å². The molecular formula is C22H18F6N8O2S. The van der Waals surface area contributed by atoms with E-state index < -0.39 is 35.8 Å². The van der Waals surface area contributed by atoms with Crippen LogP contribution in [-0.2, 0) is 23.7 Å². The summed E-state index contributed by atoms with van der Waals surface area (Å²) in [5.74, 6) is -1.79. The second-order valence-corrected chi connectivity index (χ2v) is 9.53. The first-order chi connectivity index (χ1) is 18.5. The number of hydrogen-bond acceptors (Lipinski definition) is 9. The molecule has 0 saturated carbocycles. The van der Waals surface area contributed by atoms with Crippen LogP contribution in [0.5, 0.6) is 0 Å². The summed E-state index contributed by atoms with van der Waals surface area (Å²) < 4.78 is 80.8. The fraction of sp³-hybridized carbons (Fsp3) is 0.364. The summed E-state index contributed by atoms with van der Waals surface area (Å²) in [5.41, 5.74) is 0.716. The van der Waals surface area contributed by atoms with E-state index in [0.29, 0.717) is 22.5 Å². The zero-order chi connectivity index (χ0) is 27.9. The maximum atomic E-state index is 13.5. The Kier molecular flexibility index (Phi) is 6.88. The standard InChI is InChI=1S/C22H18F6N8O2S/c23-21(24,25)19-30-6-12(7-31-19)16-18(39-20(33-16)22(26,27)28)34-4-5-36(13(8-34)10-37)15(38)9-35-11-32-14-2-1-3-29-17(14)35/h1-3,6-7,11,13,37H,4-5,8-10H2/t13-/m1/s1. The molecule has 4 aromatic rings. The molecule has 1 amide bonds. The average molecular weight is 572 g/mol. The van der Waals surface area contributed by atoms with Gasteiger partial charge >= 0.3 is 12.4 Å². The Balaban J connectivity index is 1.40. The molecule has 0 aliphatic carbocycles. The third-order valence-corrected chi connectivity index (χ3v) is 7.17. The Morgan fingerprint density at radius 2 is 1.79 bits per heavy atom. The number of fused-ring (bicyclic) bond motifs is 1. The van der Waals surface area contributed by atoms with Gasteiger partial charge in [-0.15, -0.1) is 0 Å². The maximum Gasteiger partial charge on any atom is 0.451 e. The van der Waals surface area contributed by atoms with Crippen LogP contribution in [-0.4, -0.2) is 77.7 Å². The molecule has 0 spiro atoms. The van der Waals surface area contributed by atoms with E-state index in [1.54, 1.807) is 22.9 Å². The molecule has 1 aliphatic rings. The molecular weight excluding hydrogens is 554 g/mol. The first-order valence-electron chi connectivity index (χ1n) is 11.3. The van der Waals surface area contributed by atoms with Crippen LogP contribution in [0, 0.1) is 0 Å². The number of halogens is 6. The van der Waals surface area contributed by atoms with Gasteiger partial charge in [0.1, 0.15) is 22.8 Å². The van der Waals surface area contributed by atoms with Crippen LogP contribution >= 0.6 is 11.3 Å². The minimum Gasteiger partial charge on any atom is -0.394 e. The van der Waals surface area contributed by atoms with Crippen LogP contribution in [0.2, 0.25) is 0 Å². The third kappa shape index (κ3) is 5.36. The number of aliphatic hydroxyl groups excluding tert-OH is 1. The molecule has 10 nitrogen and oxygen atoms in total. The number of piperazine rings is 1. The Bertz CT molecular complexity index is 1490. The largest absolute Gasteiger partial charge is 0.451 e. The van der Waals surface area contributed by atoms with Gasteiger partial charge in [-0.25, -0.2) is 24.9 Å². The van der Waals surface area contributed by atoms with Gasteiger partial charge in [-0.1, -0.05) is 11.3 Å². The van der Waals surface area contributed by atoms with E-state index >= 15 is 0 Å². The van der Waals surface area contributed by atoms with E-state index in [9.17, 15) is 36.2 Å². The van der Waals surface area contributed by atoms with Crippen LogP contribution in [0.4, 0.5) is 31.3 Å². The quantitative estimate of drug-likeness (QED) is 0.363. The highest BCUT2D eigenvalue weighted by Gasteiger charge is 2.39. The van der Waals surface area contributed by atoms with E-state index in [-0.39, 0.29) is 48.3 Å². The minimum atomic E-state index is -4.82. The Morgan fingerprint density at radius 1 is 1.05 bits per heavy atom. The van der Waals surface area contributed by atoms with Gasteiger partial charge in [0.15, 0.2) is 5.65 Å². The summed E-state index contributed by atoms with van der Waals surface area (Å²) in [6.07, 6.45) is -5.07. The summed E-state index contributed by atoms with van der Waals surface area (Å²) in [6.45, 7) is -0.490. The highest BCUT2D eigenvalue weighted by Crippen LogP contribution is 2.43. The Morgan fingerprint density at radius 3 is 2.46 bits per heavy atom. The number of imidazole rings is 1. The van der Waals surface area contributed by atoms with Gasteiger partial charge in [0.2, 0.25) is 16.7 Å². The van der Waals surface area contributed by atoms with Crippen molar-refractivity contribution in [2.45, 2.75) is 24.9 Å². The van der Waals surface area contributed by atoms with Gasteiger partial charge in [0, 0.05) is 43.8 Å². The predicted molar refractivity (Wildman–Crippen MR) is 125 cm³/mol. The minimum absolute atomic E-state index is 0.0148. The van der Waals surface area contributed by atoms with Crippen LogP contribution in [0.15, 0.2) is 37.1 Å². The van der Waals surface area contributed by atoms with Crippen LogP contribution in [0.3, 0.4) is 0 Å². The summed E-state index contributed by atoms with van der Waals surface area (Å²) in [6, 6.07) is 2.67. The molecule has 0 aromatic carbocycles. The Labute approximate surface area is 219 Å². The van der Waals surface area contributed by atoms with Gasteiger partial charge in [-0.3, -0.25) is 4.79 Å². The molecule has 0 bridgehead atoms. The van der Waals surface area contributed by atoms with Crippen molar-refractivity contribution in [3.05, 3.63) is 47.9 Å². The van der Waals surface area contributed by atoms with E-state index in [1.807, 2.05) is 0 Å². The molecule has 5 heterocycles. The average Bonchev–Trinajstić information content (AvgIpc) is 3.53. The molecule has 17 heteroatoms. The predicted octanol–water partition coefficient (Wildman–Crippen LogP) is 3.09. The molecule has 1 saturated heterocycles. The van der Waals surface area contributed by atoms with Gasteiger partial charge in [0.05, 0.1) is 19.0 Å². The maximum absolute atomic E-state index is 13.5. The molecule has 4 aromatic heterocycles. The van der Waals surface area contributed by atoms with E-state index in [4.69, 9.17) is 0 Å². The number of alkyl halides is 6. The number of aliphatic hydroxyl groups is 1. The number of anilines is 1. The SMILES string of the molecule is O=C(Cn1cnc2cccnc21)N1CCN(c2sc(C(F)(F)F)nc2-c2cnc(C(F)(F)F)nc2)C[C@@H]1CO. The number of amides is 1. The van der Waals surface area contributed by atoms with Crippen molar-refractivity contribution in [2.24, 2.45) is 0 Å². The zero-order valence-corrected chi connectivity index (χ0v) is 20.5. The number of carbonyl (C=O) groups excluding carboxylic acids is 1. The molecule has 1 atom stereocenters. The lowest BCUT2D eigenvalue weighted by molar-refractivity contribution is -0.145. The topological polar surface area (TPSA) is 113 Å². The van der Waals surface area contributed by atoms with Crippen molar-refractivity contribution in [3.63, 3.8) is 0 Å². The fourth-order valence-electron chi connectivity index (χ4n) is 4.21. The fourth-order valence-corrected chi connectivity index (χ4v) is 5.20. The number of thiazole rings is 1. The number of hydrogen-bond donors (Lipinski definition) is 1. The monoisotopic (exact) mass is 572 g/mol. The number of carbonyl (C=O) groups is 1. The molecule has 1 N–H and O–H groups in total. The molecule has 206 valence electrons. The molecule has 0 radical (unpaired) electrons. The molecule has 0 unspecified atom stereocenters. The van der Waals surface area contributed by atoms with Gasteiger partial charge in [-0.2, -0.15) is 26.3 Å².